The Morgan fingerprint density at radius 2 is 2.14 bits per heavy atom. The standard InChI is InChI=1S/C15H18BrNO4S/c16-13-6-2-1-4-11(13)9-22(20,21)17-8-12-5-3-7-15(12,10-17)14(18)19/h1-2,4,6,12H,3,5,7-10H2,(H,18,19)/t12-,15+/m0/s1. The summed E-state index contributed by atoms with van der Waals surface area (Å²) in [7, 11) is -3.51. The largest absolute Gasteiger partial charge is 0.481 e. The second-order valence-corrected chi connectivity index (χ2v) is 9.01. The van der Waals surface area contributed by atoms with Gasteiger partial charge in [0.2, 0.25) is 10.0 Å². The Balaban J connectivity index is 1.83. The van der Waals surface area contributed by atoms with Crippen molar-refractivity contribution in [1.29, 1.82) is 0 Å². The van der Waals surface area contributed by atoms with E-state index in [9.17, 15) is 18.3 Å². The number of fused-ring (bicyclic) bond motifs is 1. The van der Waals surface area contributed by atoms with E-state index in [2.05, 4.69) is 15.9 Å². The molecular weight excluding hydrogens is 370 g/mol. The van der Waals surface area contributed by atoms with E-state index in [0.717, 1.165) is 17.3 Å². The molecule has 7 heteroatoms. The fraction of sp³-hybridized carbons (Fsp3) is 0.533. The van der Waals surface area contributed by atoms with Crippen molar-refractivity contribution in [2.45, 2.75) is 25.0 Å². The highest BCUT2D eigenvalue weighted by Crippen LogP contribution is 2.49. The van der Waals surface area contributed by atoms with Crippen LogP contribution in [0.5, 0.6) is 0 Å². The second kappa shape index (κ2) is 5.62. The van der Waals surface area contributed by atoms with Gasteiger partial charge in [-0.2, -0.15) is 0 Å². The van der Waals surface area contributed by atoms with Crippen LogP contribution < -0.4 is 0 Å². The molecule has 1 saturated carbocycles. The first-order chi connectivity index (χ1) is 10.3. The molecule has 0 spiro atoms. The normalized spacial score (nSPS) is 28.7. The monoisotopic (exact) mass is 387 g/mol. The van der Waals surface area contributed by atoms with Gasteiger partial charge in [0.25, 0.3) is 0 Å². The lowest BCUT2D eigenvalue weighted by molar-refractivity contribution is -0.149. The van der Waals surface area contributed by atoms with Crippen molar-refractivity contribution >= 4 is 31.9 Å². The van der Waals surface area contributed by atoms with Crippen LogP contribution >= 0.6 is 15.9 Å². The van der Waals surface area contributed by atoms with E-state index < -0.39 is 21.4 Å². The molecule has 2 fully saturated rings. The number of carboxylic acid groups (broad SMARTS) is 1. The van der Waals surface area contributed by atoms with Gasteiger partial charge in [-0.15, -0.1) is 0 Å². The number of hydrogen-bond donors (Lipinski definition) is 1. The summed E-state index contributed by atoms with van der Waals surface area (Å²) in [4.78, 5) is 11.7. The molecule has 0 amide bonds. The maximum absolute atomic E-state index is 12.7. The molecule has 1 heterocycles. The minimum absolute atomic E-state index is 0.0565. The summed E-state index contributed by atoms with van der Waals surface area (Å²) in [5.41, 5.74) is -0.176. The number of aliphatic carboxylic acids is 1. The van der Waals surface area contributed by atoms with Gasteiger partial charge in [-0.05, 0) is 30.4 Å². The lowest BCUT2D eigenvalue weighted by Crippen LogP contribution is -2.37. The van der Waals surface area contributed by atoms with Gasteiger partial charge in [0.1, 0.15) is 0 Å². The molecule has 1 aromatic rings. The highest BCUT2D eigenvalue weighted by atomic mass is 79.9. The summed E-state index contributed by atoms with van der Waals surface area (Å²) in [6.45, 7) is 0.443. The van der Waals surface area contributed by atoms with Crippen LogP contribution in [0.3, 0.4) is 0 Å². The second-order valence-electron chi connectivity index (χ2n) is 6.19. The zero-order valence-corrected chi connectivity index (χ0v) is 14.4. The van der Waals surface area contributed by atoms with Gasteiger partial charge < -0.3 is 5.11 Å². The third-order valence-electron chi connectivity index (χ3n) is 4.95. The Bertz CT molecular complexity index is 705. The molecule has 120 valence electrons. The highest BCUT2D eigenvalue weighted by molar-refractivity contribution is 9.10. The maximum atomic E-state index is 12.7. The van der Waals surface area contributed by atoms with Crippen molar-refractivity contribution in [3.05, 3.63) is 34.3 Å². The molecule has 0 unspecified atom stereocenters. The van der Waals surface area contributed by atoms with Crippen LogP contribution in [-0.2, 0) is 20.6 Å². The summed E-state index contributed by atoms with van der Waals surface area (Å²) in [5.74, 6) is -1.01. The molecule has 1 aliphatic heterocycles. The number of carbonyl (C=O) groups is 1. The van der Waals surface area contributed by atoms with Crippen molar-refractivity contribution in [1.82, 2.24) is 4.31 Å². The van der Waals surface area contributed by atoms with E-state index >= 15 is 0 Å². The number of halogens is 1. The van der Waals surface area contributed by atoms with Gasteiger partial charge in [-0.1, -0.05) is 40.5 Å². The smallest absolute Gasteiger partial charge is 0.311 e. The zero-order chi connectivity index (χ0) is 16.0. The summed E-state index contributed by atoms with van der Waals surface area (Å²) in [6, 6.07) is 7.21. The molecule has 0 bridgehead atoms. The molecule has 0 aromatic heterocycles. The van der Waals surface area contributed by atoms with Crippen LogP contribution in [0.15, 0.2) is 28.7 Å². The van der Waals surface area contributed by atoms with Crippen LogP contribution in [0, 0.1) is 11.3 Å². The average molecular weight is 388 g/mol. The van der Waals surface area contributed by atoms with Crippen LogP contribution in [0.25, 0.3) is 0 Å². The molecule has 1 aromatic carbocycles. The molecule has 1 aliphatic carbocycles. The van der Waals surface area contributed by atoms with Crippen molar-refractivity contribution in [3.63, 3.8) is 0 Å². The molecule has 2 atom stereocenters. The fourth-order valence-electron chi connectivity index (χ4n) is 3.71. The van der Waals surface area contributed by atoms with Gasteiger partial charge in [0.15, 0.2) is 0 Å². The summed E-state index contributed by atoms with van der Waals surface area (Å²) in [5, 5.41) is 9.56. The number of rotatable bonds is 4. The summed E-state index contributed by atoms with van der Waals surface area (Å²) < 4.78 is 27.5. The third kappa shape index (κ3) is 2.59. The Hall–Kier alpha value is -0.920. The number of nitrogens with zero attached hydrogens (tertiary/aromatic N) is 1. The predicted octanol–water partition coefficient (Wildman–Crippen LogP) is 2.47. The third-order valence-corrected chi connectivity index (χ3v) is 7.47. The first kappa shape index (κ1) is 16.0. The predicted molar refractivity (Wildman–Crippen MR) is 85.7 cm³/mol. The lowest BCUT2D eigenvalue weighted by Gasteiger charge is -2.23. The van der Waals surface area contributed by atoms with Crippen LogP contribution in [0.4, 0.5) is 0 Å². The first-order valence-electron chi connectivity index (χ1n) is 7.30. The van der Waals surface area contributed by atoms with E-state index in [1.54, 1.807) is 12.1 Å². The SMILES string of the molecule is O=C(O)[C@@]12CCC[C@H]1CN(S(=O)(=O)Cc1ccccc1Br)C2. The Kier molecular flexibility index (Phi) is 4.07. The summed E-state index contributed by atoms with van der Waals surface area (Å²) >= 11 is 3.36. The van der Waals surface area contributed by atoms with Gasteiger partial charge >= 0.3 is 5.97 Å². The van der Waals surface area contributed by atoms with Crippen LogP contribution in [0.2, 0.25) is 0 Å². The molecule has 0 radical (unpaired) electrons. The number of carboxylic acids is 1. The van der Waals surface area contributed by atoms with E-state index in [1.165, 1.54) is 4.31 Å². The molecule has 5 nitrogen and oxygen atoms in total. The highest BCUT2D eigenvalue weighted by Gasteiger charge is 2.56. The first-order valence-corrected chi connectivity index (χ1v) is 9.70. The summed E-state index contributed by atoms with van der Waals surface area (Å²) in [6.07, 6.45) is 2.25. The fourth-order valence-corrected chi connectivity index (χ4v) is 5.98. The van der Waals surface area contributed by atoms with E-state index in [-0.39, 0.29) is 18.2 Å². The van der Waals surface area contributed by atoms with E-state index in [4.69, 9.17) is 0 Å². The molecule has 1 N–H and O–H groups in total. The van der Waals surface area contributed by atoms with Crippen molar-refractivity contribution in [3.8, 4) is 0 Å². The maximum Gasteiger partial charge on any atom is 0.311 e. The average Bonchev–Trinajstić information content (AvgIpc) is 2.99. The van der Waals surface area contributed by atoms with Crippen molar-refractivity contribution in [2.24, 2.45) is 11.3 Å². The van der Waals surface area contributed by atoms with Crippen molar-refractivity contribution < 1.29 is 18.3 Å². The van der Waals surface area contributed by atoms with Gasteiger partial charge in [-0.3, -0.25) is 4.79 Å². The Labute approximate surface area is 138 Å². The Morgan fingerprint density at radius 1 is 1.41 bits per heavy atom. The van der Waals surface area contributed by atoms with Gasteiger partial charge in [0.05, 0.1) is 11.2 Å². The zero-order valence-electron chi connectivity index (χ0n) is 12.0. The minimum Gasteiger partial charge on any atom is -0.481 e. The Morgan fingerprint density at radius 3 is 2.77 bits per heavy atom. The van der Waals surface area contributed by atoms with Crippen LogP contribution in [0.1, 0.15) is 24.8 Å². The molecule has 3 rings (SSSR count). The molecular formula is C15H18BrNO4S. The molecule has 1 saturated heterocycles. The van der Waals surface area contributed by atoms with Gasteiger partial charge in [0, 0.05) is 17.6 Å². The van der Waals surface area contributed by atoms with Gasteiger partial charge in [-0.25, -0.2) is 12.7 Å². The lowest BCUT2D eigenvalue weighted by atomic mass is 9.81. The quantitative estimate of drug-likeness (QED) is 0.860. The minimum atomic E-state index is -3.51. The number of hydrogen-bond acceptors (Lipinski definition) is 3. The van der Waals surface area contributed by atoms with Crippen molar-refractivity contribution in [2.75, 3.05) is 13.1 Å². The van der Waals surface area contributed by atoms with Crippen LogP contribution in [-0.4, -0.2) is 36.9 Å². The topological polar surface area (TPSA) is 74.7 Å². The van der Waals surface area contributed by atoms with E-state index in [1.807, 2.05) is 12.1 Å². The number of benzene rings is 1. The molecule has 2 aliphatic rings. The number of sulfonamides is 1. The molecule has 22 heavy (non-hydrogen) atoms. The van der Waals surface area contributed by atoms with E-state index in [0.29, 0.717) is 18.5 Å².